The number of likely N-dealkylation sites (tertiary alicyclic amines) is 1. The Kier molecular flexibility index (Phi) is 4.56. The van der Waals surface area contributed by atoms with Gasteiger partial charge >= 0.3 is 0 Å². The van der Waals surface area contributed by atoms with Crippen molar-refractivity contribution in [2.24, 2.45) is 5.73 Å². The highest BCUT2D eigenvalue weighted by molar-refractivity contribution is 4.80. The largest absolute Gasteiger partial charge is 0.326 e. The van der Waals surface area contributed by atoms with Crippen molar-refractivity contribution in [2.45, 2.75) is 44.7 Å². The summed E-state index contributed by atoms with van der Waals surface area (Å²) in [5.41, 5.74) is 5.99. The highest BCUT2D eigenvalue weighted by Gasteiger charge is 2.22. The molecule has 90 valence electrons. The number of hydrogen-bond acceptors (Lipinski definition) is 3. The molecule has 1 fully saturated rings. The molecule has 1 heterocycles. The maximum absolute atomic E-state index is 6.01. The minimum Gasteiger partial charge on any atom is -0.326 e. The second-order valence-corrected chi connectivity index (χ2v) is 5.80. The van der Waals surface area contributed by atoms with Crippen LogP contribution < -0.4 is 5.73 Å². The van der Waals surface area contributed by atoms with Crippen molar-refractivity contribution >= 4 is 0 Å². The Balaban J connectivity index is 2.30. The maximum atomic E-state index is 6.01. The molecule has 15 heavy (non-hydrogen) atoms. The summed E-state index contributed by atoms with van der Waals surface area (Å²) in [6, 6.07) is 0.736. The van der Waals surface area contributed by atoms with Gasteiger partial charge in [-0.2, -0.15) is 0 Å². The van der Waals surface area contributed by atoms with Crippen molar-refractivity contribution in [3.8, 4) is 0 Å². The predicted octanol–water partition coefficient (Wildman–Crippen LogP) is 1.14. The molecule has 1 aliphatic heterocycles. The third kappa shape index (κ3) is 4.96. The van der Waals surface area contributed by atoms with Crippen LogP contribution in [0, 0.1) is 0 Å². The fourth-order valence-electron chi connectivity index (χ4n) is 2.10. The van der Waals surface area contributed by atoms with E-state index in [0.29, 0.717) is 0 Å². The lowest BCUT2D eigenvalue weighted by Gasteiger charge is -2.37. The van der Waals surface area contributed by atoms with Gasteiger partial charge in [-0.1, -0.05) is 0 Å². The van der Waals surface area contributed by atoms with E-state index in [1.165, 1.54) is 25.9 Å². The Morgan fingerprint density at radius 3 is 2.60 bits per heavy atom. The van der Waals surface area contributed by atoms with Crippen molar-refractivity contribution in [1.82, 2.24) is 9.80 Å². The molecule has 0 saturated carbocycles. The number of piperidine rings is 1. The van der Waals surface area contributed by atoms with Gasteiger partial charge in [-0.15, -0.1) is 0 Å². The summed E-state index contributed by atoms with van der Waals surface area (Å²) in [5, 5.41) is 0. The van der Waals surface area contributed by atoms with E-state index in [2.05, 4.69) is 37.7 Å². The van der Waals surface area contributed by atoms with E-state index in [9.17, 15) is 0 Å². The van der Waals surface area contributed by atoms with Gasteiger partial charge in [-0.05, 0) is 60.3 Å². The minimum atomic E-state index is -0.0228. The zero-order valence-electron chi connectivity index (χ0n) is 10.8. The van der Waals surface area contributed by atoms with Crippen molar-refractivity contribution in [3.63, 3.8) is 0 Å². The Morgan fingerprint density at radius 1 is 1.40 bits per heavy atom. The SMILES string of the molecule is CN(C)C1CCCN(CCC(C)(C)N)C1. The standard InChI is InChI=1S/C12H27N3/c1-12(2,13)7-9-15-8-5-6-11(10-15)14(3)4/h11H,5-10,13H2,1-4H3. The molecular weight excluding hydrogens is 186 g/mol. The van der Waals surface area contributed by atoms with Crippen LogP contribution in [-0.2, 0) is 0 Å². The molecule has 0 radical (unpaired) electrons. The van der Waals surface area contributed by atoms with E-state index in [1.54, 1.807) is 0 Å². The highest BCUT2D eigenvalue weighted by Crippen LogP contribution is 2.15. The molecule has 0 aromatic heterocycles. The van der Waals surface area contributed by atoms with Gasteiger partial charge in [-0.25, -0.2) is 0 Å². The average molecular weight is 213 g/mol. The fraction of sp³-hybridized carbons (Fsp3) is 1.00. The van der Waals surface area contributed by atoms with E-state index in [-0.39, 0.29) is 5.54 Å². The van der Waals surface area contributed by atoms with Gasteiger partial charge in [0.15, 0.2) is 0 Å². The number of hydrogen-bond donors (Lipinski definition) is 1. The van der Waals surface area contributed by atoms with E-state index < -0.39 is 0 Å². The molecule has 0 aliphatic carbocycles. The first-order valence-electron chi connectivity index (χ1n) is 6.06. The zero-order valence-corrected chi connectivity index (χ0v) is 10.8. The maximum Gasteiger partial charge on any atom is 0.0217 e. The monoisotopic (exact) mass is 213 g/mol. The molecule has 1 aliphatic rings. The van der Waals surface area contributed by atoms with Crippen molar-refractivity contribution < 1.29 is 0 Å². The van der Waals surface area contributed by atoms with Crippen LogP contribution >= 0.6 is 0 Å². The van der Waals surface area contributed by atoms with Crippen molar-refractivity contribution in [2.75, 3.05) is 33.7 Å². The number of nitrogens with two attached hydrogens (primary N) is 1. The Labute approximate surface area is 94.6 Å². The van der Waals surface area contributed by atoms with Crippen LogP contribution in [0.5, 0.6) is 0 Å². The molecular formula is C12H27N3. The van der Waals surface area contributed by atoms with E-state index in [1.807, 2.05) is 0 Å². The molecule has 1 unspecified atom stereocenters. The first-order valence-corrected chi connectivity index (χ1v) is 6.06. The normalized spacial score (nSPS) is 24.8. The van der Waals surface area contributed by atoms with Gasteiger partial charge in [0, 0.05) is 18.1 Å². The average Bonchev–Trinajstić information content (AvgIpc) is 2.14. The molecule has 3 heteroatoms. The summed E-state index contributed by atoms with van der Waals surface area (Å²) in [4.78, 5) is 4.91. The lowest BCUT2D eigenvalue weighted by molar-refractivity contribution is 0.127. The summed E-state index contributed by atoms with van der Waals surface area (Å²) in [5.74, 6) is 0. The summed E-state index contributed by atoms with van der Waals surface area (Å²) in [6.07, 6.45) is 3.76. The third-order valence-corrected chi connectivity index (χ3v) is 3.28. The fourth-order valence-corrected chi connectivity index (χ4v) is 2.10. The zero-order chi connectivity index (χ0) is 11.5. The number of likely N-dealkylation sites (N-methyl/N-ethyl adjacent to an activating group) is 1. The van der Waals surface area contributed by atoms with Crippen molar-refractivity contribution in [1.29, 1.82) is 0 Å². The summed E-state index contributed by atoms with van der Waals surface area (Å²) in [6.45, 7) is 7.83. The number of rotatable bonds is 4. The lowest BCUT2D eigenvalue weighted by Crippen LogP contribution is -2.47. The van der Waals surface area contributed by atoms with Crippen LogP contribution in [0.4, 0.5) is 0 Å². The Hall–Kier alpha value is -0.120. The molecule has 1 rings (SSSR count). The van der Waals surface area contributed by atoms with Gasteiger partial charge in [-0.3, -0.25) is 0 Å². The Bertz CT molecular complexity index is 184. The first-order chi connectivity index (χ1) is 6.88. The lowest BCUT2D eigenvalue weighted by atomic mass is 10.00. The summed E-state index contributed by atoms with van der Waals surface area (Å²) < 4.78 is 0. The van der Waals surface area contributed by atoms with Gasteiger partial charge < -0.3 is 15.5 Å². The van der Waals surface area contributed by atoms with Crippen LogP contribution in [0.15, 0.2) is 0 Å². The van der Waals surface area contributed by atoms with Crippen LogP contribution in [0.1, 0.15) is 33.1 Å². The van der Waals surface area contributed by atoms with Crippen molar-refractivity contribution in [3.05, 3.63) is 0 Å². The molecule has 3 nitrogen and oxygen atoms in total. The first kappa shape index (κ1) is 12.9. The van der Waals surface area contributed by atoms with Gasteiger partial charge in [0.05, 0.1) is 0 Å². The molecule has 1 atom stereocenters. The van der Waals surface area contributed by atoms with Gasteiger partial charge in [0.1, 0.15) is 0 Å². The van der Waals surface area contributed by atoms with Crippen LogP contribution in [-0.4, -0.2) is 55.1 Å². The molecule has 0 bridgehead atoms. The molecule has 2 N–H and O–H groups in total. The second-order valence-electron chi connectivity index (χ2n) is 5.80. The quantitative estimate of drug-likeness (QED) is 0.760. The molecule has 0 aromatic carbocycles. The van der Waals surface area contributed by atoms with Crippen LogP contribution in [0.2, 0.25) is 0 Å². The summed E-state index contributed by atoms with van der Waals surface area (Å²) >= 11 is 0. The van der Waals surface area contributed by atoms with E-state index in [0.717, 1.165) is 19.0 Å². The predicted molar refractivity (Wildman–Crippen MR) is 66.0 cm³/mol. The van der Waals surface area contributed by atoms with Gasteiger partial charge in [0.25, 0.3) is 0 Å². The van der Waals surface area contributed by atoms with Crippen LogP contribution in [0.3, 0.4) is 0 Å². The van der Waals surface area contributed by atoms with E-state index >= 15 is 0 Å². The molecule has 0 amide bonds. The van der Waals surface area contributed by atoms with Gasteiger partial charge in [0.2, 0.25) is 0 Å². The molecule has 0 aromatic rings. The smallest absolute Gasteiger partial charge is 0.0217 e. The second kappa shape index (κ2) is 5.28. The Morgan fingerprint density at radius 2 is 2.07 bits per heavy atom. The minimum absolute atomic E-state index is 0.0228. The summed E-state index contributed by atoms with van der Waals surface area (Å²) in [7, 11) is 4.36. The third-order valence-electron chi connectivity index (χ3n) is 3.28. The topological polar surface area (TPSA) is 32.5 Å². The molecule has 0 spiro atoms. The molecule has 1 saturated heterocycles. The number of nitrogens with zero attached hydrogens (tertiary/aromatic N) is 2. The van der Waals surface area contributed by atoms with Crippen LogP contribution in [0.25, 0.3) is 0 Å². The van der Waals surface area contributed by atoms with E-state index in [4.69, 9.17) is 5.73 Å². The highest BCUT2D eigenvalue weighted by atomic mass is 15.2.